The predicted molar refractivity (Wildman–Crippen MR) is 148 cm³/mol. The van der Waals surface area contributed by atoms with Crippen LogP contribution in [0.1, 0.15) is 51.8 Å². The Kier molecular flexibility index (Phi) is 7.37. The second-order valence-electron chi connectivity index (χ2n) is 9.24. The number of fused-ring (bicyclic) bond motifs is 1. The van der Waals surface area contributed by atoms with Crippen molar-refractivity contribution in [3.8, 4) is 23.0 Å². The molecule has 0 bridgehead atoms. The summed E-state index contributed by atoms with van der Waals surface area (Å²) in [5.74, 6) is 2.52. The average molecular weight is 534 g/mol. The Balaban J connectivity index is 1.59. The number of benzene rings is 2. The minimum absolute atomic E-state index is 0.0467. The third-order valence-electron chi connectivity index (χ3n) is 7.15. The molecule has 2 aliphatic rings. The fraction of sp³-hybridized carbons (Fsp3) is 0.345. The van der Waals surface area contributed by atoms with Crippen molar-refractivity contribution in [3.05, 3.63) is 69.2 Å². The minimum atomic E-state index is -0.270. The monoisotopic (exact) mass is 533 g/mol. The summed E-state index contributed by atoms with van der Waals surface area (Å²) in [6, 6.07) is 11.4. The lowest BCUT2D eigenvalue weighted by Gasteiger charge is -2.30. The fourth-order valence-corrected chi connectivity index (χ4v) is 6.03. The van der Waals surface area contributed by atoms with Crippen LogP contribution in [0.2, 0.25) is 0 Å². The Hall–Kier alpha value is -3.85. The maximum Gasteiger partial charge on any atom is 0.286 e. The number of hydrazone groups is 1. The molecule has 0 radical (unpaired) electrons. The van der Waals surface area contributed by atoms with Crippen molar-refractivity contribution in [2.45, 2.75) is 32.2 Å². The van der Waals surface area contributed by atoms with Gasteiger partial charge in [0.05, 0.1) is 51.4 Å². The van der Waals surface area contributed by atoms with E-state index in [1.54, 1.807) is 39.0 Å². The van der Waals surface area contributed by atoms with Crippen LogP contribution in [0.3, 0.4) is 0 Å². The first kappa shape index (κ1) is 25.8. The number of hydrogen-bond donors (Lipinski definition) is 0. The maximum atomic E-state index is 13.8. The molecular weight excluding hydrogens is 502 g/mol. The average Bonchev–Trinajstić information content (AvgIpc) is 3.56. The molecule has 1 saturated carbocycles. The van der Waals surface area contributed by atoms with Crippen LogP contribution in [-0.2, 0) is 0 Å². The van der Waals surface area contributed by atoms with Crippen molar-refractivity contribution < 1.29 is 23.7 Å². The first-order chi connectivity index (χ1) is 18.5. The summed E-state index contributed by atoms with van der Waals surface area (Å²) < 4.78 is 22.0. The van der Waals surface area contributed by atoms with Gasteiger partial charge >= 0.3 is 0 Å². The van der Waals surface area contributed by atoms with Crippen LogP contribution in [0.15, 0.2) is 52.6 Å². The van der Waals surface area contributed by atoms with Gasteiger partial charge in [0, 0.05) is 5.92 Å². The SMILES string of the molecule is COc1ccc(/C=C2\CCC[C@@H]3C2=NN(C(=O)c2scnc2C)[C@H]3c2ccc(OC)c(OC)c2)cc1OC. The van der Waals surface area contributed by atoms with E-state index in [4.69, 9.17) is 24.0 Å². The Bertz CT molecular complexity index is 1410. The number of aromatic nitrogens is 1. The zero-order valence-corrected chi connectivity index (χ0v) is 23.0. The molecule has 0 spiro atoms. The van der Waals surface area contributed by atoms with E-state index < -0.39 is 0 Å². The van der Waals surface area contributed by atoms with Crippen LogP contribution in [0.5, 0.6) is 23.0 Å². The van der Waals surface area contributed by atoms with Crippen LogP contribution in [0.4, 0.5) is 0 Å². The molecule has 198 valence electrons. The van der Waals surface area contributed by atoms with Crippen molar-refractivity contribution in [1.82, 2.24) is 9.99 Å². The Morgan fingerprint density at radius 2 is 1.66 bits per heavy atom. The molecule has 2 aromatic carbocycles. The van der Waals surface area contributed by atoms with Gasteiger partial charge in [-0.15, -0.1) is 11.3 Å². The lowest BCUT2D eigenvalue weighted by molar-refractivity contribution is 0.0684. The normalized spacial score (nSPS) is 19.7. The Morgan fingerprint density at radius 1 is 0.974 bits per heavy atom. The number of carbonyl (C=O) groups excluding carboxylic acids is 1. The molecule has 5 rings (SSSR count). The molecule has 0 saturated heterocycles. The van der Waals surface area contributed by atoms with Crippen LogP contribution in [0, 0.1) is 12.8 Å². The lowest BCUT2D eigenvalue weighted by Crippen LogP contribution is -2.31. The highest BCUT2D eigenvalue weighted by molar-refractivity contribution is 7.11. The molecule has 2 atom stereocenters. The summed E-state index contributed by atoms with van der Waals surface area (Å²) in [5.41, 5.74) is 6.42. The number of methoxy groups -OCH3 is 4. The van der Waals surface area contributed by atoms with Gasteiger partial charge < -0.3 is 18.9 Å². The number of carbonyl (C=O) groups is 1. The highest BCUT2D eigenvalue weighted by Crippen LogP contribution is 2.46. The molecule has 1 amide bonds. The number of rotatable bonds is 7. The van der Waals surface area contributed by atoms with E-state index in [0.717, 1.165) is 41.7 Å². The van der Waals surface area contributed by atoms with E-state index in [2.05, 4.69) is 11.1 Å². The Labute approximate surface area is 226 Å². The van der Waals surface area contributed by atoms with Gasteiger partial charge in [-0.05, 0) is 73.2 Å². The quantitative estimate of drug-likeness (QED) is 0.375. The van der Waals surface area contributed by atoms with E-state index in [1.165, 1.54) is 11.3 Å². The van der Waals surface area contributed by atoms with Crippen molar-refractivity contribution >= 4 is 29.0 Å². The second kappa shape index (κ2) is 10.9. The molecule has 3 aromatic rings. The van der Waals surface area contributed by atoms with Crippen LogP contribution >= 0.6 is 11.3 Å². The third-order valence-corrected chi connectivity index (χ3v) is 8.06. The van der Waals surface area contributed by atoms with E-state index >= 15 is 0 Å². The maximum absolute atomic E-state index is 13.8. The number of hydrogen-bond acceptors (Lipinski definition) is 8. The van der Waals surface area contributed by atoms with E-state index in [0.29, 0.717) is 33.6 Å². The van der Waals surface area contributed by atoms with Crippen molar-refractivity contribution in [1.29, 1.82) is 0 Å². The number of amides is 1. The van der Waals surface area contributed by atoms with Crippen LogP contribution in [-0.4, -0.2) is 50.1 Å². The van der Waals surface area contributed by atoms with Gasteiger partial charge in [0.2, 0.25) is 0 Å². The van der Waals surface area contributed by atoms with E-state index in [1.807, 2.05) is 43.3 Å². The molecule has 1 fully saturated rings. The summed E-state index contributed by atoms with van der Waals surface area (Å²) in [6.45, 7) is 1.85. The summed E-state index contributed by atoms with van der Waals surface area (Å²) in [5, 5.41) is 6.65. The number of nitrogens with zero attached hydrogens (tertiary/aromatic N) is 3. The van der Waals surface area contributed by atoms with Gasteiger partial charge in [0.15, 0.2) is 23.0 Å². The lowest BCUT2D eigenvalue weighted by atomic mass is 9.77. The Morgan fingerprint density at radius 3 is 2.32 bits per heavy atom. The highest BCUT2D eigenvalue weighted by Gasteiger charge is 2.44. The first-order valence-corrected chi connectivity index (χ1v) is 13.3. The number of allylic oxidation sites excluding steroid dienone is 1. The smallest absolute Gasteiger partial charge is 0.286 e. The zero-order chi connectivity index (χ0) is 26.8. The molecule has 9 heteroatoms. The number of aryl methyl sites for hydroxylation is 1. The molecule has 38 heavy (non-hydrogen) atoms. The second-order valence-corrected chi connectivity index (χ2v) is 10.1. The fourth-order valence-electron chi connectivity index (χ4n) is 5.29. The molecule has 0 N–H and O–H groups in total. The molecule has 1 aliphatic heterocycles. The van der Waals surface area contributed by atoms with Gasteiger partial charge in [0.25, 0.3) is 5.91 Å². The van der Waals surface area contributed by atoms with Crippen molar-refractivity contribution in [2.24, 2.45) is 11.0 Å². The molecule has 1 aliphatic carbocycles. The minimum Gasteiger partial charge on any atom is -0.493 e. The van der Waals surface area contributed by atoms with Gasteiger partial charge in [-0.3, -0.25) is 4.79 Å². The summed E-state index contributed by atoms with van der Waals surface area (Å²) in [7, 11) is 6.49. The van der Waals surface area contributed by atoms with Gasteiger partial charge in [-0.2, -0.15) is 5.10 Å². The largest absolute Gasteiger partial charge is 0.493 e. The van der Waals surface area contributed by atoms with Crippen LogP contribution < -0.4 is 18.9 Å². The molecule has 0 unspecified atom stereocenters. The van der Waals surface area contributed by atoms with Crippen molar-refractivity contribution in [2.75, 3.05) is 28.4 Å². The summed E-state index contributed by atoms with van der Waals surface area (Å²) in [6.07, 6.45) is 4.94. The third kappa shape index (κ3) is 4.62. The van der Waals surface area contributed by atoms with Gasteiger partial charge in [0.1, 0.15) is 4.88 Å². The predicted octanol–water partition coefficient (Wildman–Crippen LogP) is 5.92. The molecule has 1 aromatic heterocycles. The summed E-state index contributed by atoms with van der Waals surface area (Å²) >= 11 is 1.34. The topological polar surface area (TPSA) is 82.5 Å². The van der Waals surface area contributed by atoms with E-state index in [-0.39, 0.29) is 17.9 Å². The molecule has 2 heterocycles. The molecular formula is C29H31N3O5S. The van der Waals surface area contributed by atoms with Crippen LogP contribution in [0.25, 0.3) is 6.08 Å². The standard InChI is InChI=1S/C29H31N3O5S/c1-17-28(38-16-30-17)29(33)32-27(20-10-12-23(35-3)25(15-20)37-5)21-8-6-7-19(26(21)31-32)13-18-9-11-22(34-2)24(14-18)36-4/h9-16,21,27H,6-8H2,1-5H3/b19-13+/t21-,27+/m1/s1. The number of ether oxygens (including phenoxy) is 4. The first-order valence-electron chi connectivity index (χ1n) is 12.5. The van der Waals surface area contributed by atoms with Gasteiger partial charge in [-0.1, -0.05) is 12.1 Å². The zero-order valence-electron chi connectivity index (χ0n) is 22.2. The number of thiazole rings is 1. The summed E-state index contributed by atoms with van der Waals surface area (Å²) in [4.78, 5) is 18.7. The van der Waals surface area contributed by atoms with Gasteiger partial charge in [-0.25, -0.2) is 9.99 Å². The van der Waals surface area contributed by atoms with E-state index in [9.17, 15) is 4.79 Å². The molecule has 8 nitrogen and oxygen atoms in total. The van der Waals surface area contributed by atoms with Crippen molar-refractivity contribution in [3.63, 3.8) is 0 Å². The highest BCUT2D eigenvalue weighted by atomic mass is 32.1.